The Morgan fingerprint density at radius 3 is 2.33 bits per heavy atom. The van der Waals surface area contributed by atoms with Crippen LogP contribution in [0.4, 0.5) is 0 Å². The lowest BCUT2D eigenvalue weighted by Gasteiger charge is -2.05. The maximum atomic E-state index is 11.6. The summed E-state index contributed by atoms with van der Waals surface area (Å²) in [6, 6.07) is 11.1. The second-order valence-corrected chi connectivity index (χ2v) is 9.17. The van der Waals surface area contributed by atoms with Crippen molar-refractivity contribution in [1.82, 2.24) is 14.1 Å². The quantitative estimate of drug-likeness (QED) is 0.309. The molecule has 3 aromatic heterocycles. The molecule has 0 amide bonds. The molecule has 0 aliphatic heterocycles. The van der Waals surface area contributed by atoms with Crippen LogP contribution < -0.4 is 9.47 Å². The third-order valence-electron chi connectivity index (χ3n) is 6.21. The molecule has 0 unspecified atom stereocenters. The number of thiazole rings is 1. The molecule has 2 N–H and O–H groups in total. The van der Waals surface area contributed by atoms with E-state index < -0.39 is 11.9 Å². The first-order valence-corrected chi connectivity index (χ1v) is 11.9. The van der Waals surface area contributed by atoms with Crippen LogP contribution in [0.15, 0.2) is 48.0 Å². The first-order valence-electron chi connectivity index (χ1n) is 11.0. The van der Waals surface area contributed by atoms with Gasteiger partial charge in [0.05, 0.1) is 25.4 Å². The number of methoxy groups -OCH3 is 2. The average Bonchev–Trinajstić information content (AvgIpc) is 3.53. The fraction of sp³-hybridized carbons (Fsp3) is 0.192. The van der Waals surface area contributed by atoms with E-state index in [9.17, 15) is 19.8 Å². The lowest BCUT2D eigenvalue weighted by atomic mass is 10.1. The van der Waals surface area contributed by atoms with Crippen LogP contribution in [0.2, 0.25) is 0 Å². The number of fused-ring (bicyclic) bond motifs is 2. The van der Waals surface area contributed by atoms with E-state index in [-0.39, 0.29) is 13.1 Å². The number of carboxylic acids is 2. The van der Waals surface area contributed by atoms with Gasteiger partial charge in [0.2, 0.25) is 0 Å². The van der Waals surface area contributed by atoms with E-state index in [1.54, 1.807) is 29.6 Å². The van der Waals surface area contributed by atoms with Gasteiger partial charge in [-0.1, -0.05) is 0 Å². The van der Waals surface area contributed by atoms with Gasteiger partial charge in [-0.05, 0) is 37.3 Å². The Bertz CT molecular complexity index is 1640. The molecule has 0 aliphatic carbocycles. The number of hydrogen-bond donors (Lipinski definition) is 2. The van der Waals surface area contributed by atoms with Crippen molar-refractivity contribution in [2.24, 2.45) is 0 Å². The summed E-state index contributed by atoms with van der Waals surface area (Å²) >= 11 is 1.44. The molecular formula is C26H23N3O6S. The number of carboxylic acid groups (broad SMARTS) is 2. The molecule has 10 heteroatoms. The molecule has 0 aliphatic rings. The van der Waals surface area contributed by atoms with Gasteiger partial charge in [0.1, 0.15) is 29.6 Å². The van der Waals surface area contributed by atoms with Crippen LogP contribution in [-0.4, -0.2) is 50.5 Å². The van der Waals surface area contributed by atoms with E-state index in [1.165, 1.54) is 11.3 Å². The summed E-state index contributed by atoms with van der Waals surface area (Å²) in [6.07, 6.45) is 1.80. The maximum absolute atomic E-state index is 11.6. The van der Waals surface area contributed by atoms with Crippen molar-refractivity contribution in [3.8, 4) is 33.3 Å². The first-order chi connectivity index (χ1) is 17.3. The summed E-state index contributed by atoms with van der Waals surface area (Å²) in [6.45, 7) is 1.52. The van der Waals surface area contributed by atoms with Gasteiger partial charge in [-0.25, -0.2) is 4.98 Å². The van der Waals surface area contributed by atoms with Crippen LogP contribution in [0.5, 0.6) is 11.5 Å². The Hall–Kier alpha value is -4.31. The van der Waals surface area contributed by atoms with E-state index in [2.05, 4.69) is 0 Å². The summed E-state index contributed by atoms with van der Waals surface area (Å²) < 4.78 is 14.2. The first kappa shape index (κ1) is 23.4. The molecule has 0 saturated carbocycles. The fourth-order valence-electron chi connectivity index (χ4n) is 4.61. The van der Waals surface area contributed by atoms with Crippen molar-refractivity contribution in [2.75, 3.05) is 14.2 Å². The highest BCUT2D eigenvalue weighted by Gasteiger charge is 2.22. The Labute approximate surface area is 209 Å². The van der Waals surface area contributed by atoms with Gasteiger partial charge in [-0.15, -0.1) is 11.3 Å². The van der Waals surface area contributed by atoms with Crippen LogP contribution in [0, 0.1) is 6.92 Å². The molecule has 0 bridgehead atoms. The van der Waals surface area contributed by atoms with Crippen molar-refractivity contribution in [1.29, 1.82) is 0 Å². The molecule has 5 aromatic rings. The topological polar surface area (TPSA) is 116 Å². The number of hydrogen-bond acceptors (Lipinski definition) is 6. The summed E-state index contributed by atoms with van der Waals surface area (Å²) in [7, 11) is 3.16. The molecule has 0 spiro atoms. The molecule has 184 valence electrons. The van der Waals surface area contributed by atoms with Gasteiger partial charge in [0.15, 0.2) is 0 Å². The number of benzene rings is 2. The highest BCUT2D eigenvalue weighted by molar-refractivity contribution is 7.13. The molecular weight excluding hydrogens is 482 g/mol. The van der Waals surface area contributed by atoms with E-state index in [1.807, 2.05) is 48.7 Å². The summed E-state index contributed by atoms with van der Waals surface area (Å²) in [5.41, 5.74) is 4.67. The normalized spacial score (nSPS) is 11.3. The summed E-state index contributed by atoms with van der Waals surface area (Å²) in [5, 5.41) is 23.3. The Kier molecular flexibility index (Phi) is 5.89. The van der Waals surface area contributed by atoms with Crippen molar-refractivity contribution in [3.63, 3.8) is 0 Å². The molecule has 5 rings (SSSR count). The van der Waals surface area contributed by atoms with Crippen molar-refractivity contribution >= 4 is 45.1 Å². The van der Waals surface area contributed by atoms with Crippen molar-refractivity contribution in [3.05, 3.63) is 53.7 Å². The minimum atomic E-state index is -0.947. The number of carbonyl (C=O) groups is 2. The molecule has 0 saturated heterocycles. The Balaban J connectivity index is 1.68. The molecule has 0 atom stereocenters. The minimum Gasteiger partial charge on any atom is -0.497 e. The van der Waals surface area contributed by atoms with Crippen molar-refractivity contribution < 1.29 is 29.3 Å². The van der Waals surface area contributed by atoms with E-state index in [4.69, 9.17) is 14.5 Å². The van der Waals surface area contributed by atoms with Crippen LogP contribution in [0.1, 0.15) is 5.69 Å². The highest BCUT2D eigenvalue weighted by Crippen LogP contribution is 2.40. The third-order valence-corrected chi connectivity index (χ3v) is 7.09. The van der Waals surface area contributed by atoms with Gasteiger partial charge < -0.3 is 28.8 Å². The summed E-state index contributed by atoms with van der Waals surface area (Å²) in [5.74, 6) is -0.582. The predicted octanol–water partition coefficient (Wildman–Crippen LogP) is 4.88. The van der Waals surface area contributed by atoms with E-state index in [0.717, 1.165) is 43.6 Å². The van der Waals surface area contributed by atoms with Gasteiger partial charge in [0, 0.05) is 50.8 Å². The standard InChI is InChI=1S/C26H23N3O6S/c1-14-25(18-8-15(34-2)5-7-21(18)29(14)12-24(32)33)20-13-36-26(27-20)19-10-28(11-23(30)31)22-9-16(35-3)4-6-17(19)22/h4-10,13H,11-12H2,1-3H3,(H,30,31)(H,32,33). The Morgan fingerprint density at radius 2 is 1.64 bits per heavy atom. The third kappa shape index (κ3) is 3.95. The molecule has 3 heterocycles. The zero-order valence-electron chi connectivity index (χ0n) is 19.8. The molecule has 9 nitrogen and oxygen atoms in total. The smallest absolute Gasteiger partial charge is 0.323 e. The second-order valence-electron chi connectivity index (χ2n) is 8.31. The number of aromatic nitrogens is 3. The van der Waals surface area contributed by atoms with Crippen LogP contribution in [0.25, 0.3) is 43.6 Å². The van der Waals surface area contributed by atoms with Crippen LogP contribution >= 0.6 is 11.3 Å². The lowest BCUT2D eigenvalue weighted by molar-refractivity contribution is -0.138. The van der Waals surface area contributed by atoms with Gasteiger partial charge in [-0.2, -0.15) is 0 Å². The van der Waals surface area contributed by atoms with E-state index >= 15 is 0 Å². The molecule has 0 fully saturated rings. The lowest BCUT2D eigenvalue weighted by Crippen LogP contribution is -2.09. The number of nitrogens with zero attached hydrogens (tertiary/aromatic N) is 3. The average molecular weight is 506 g/mol. The maximum Gasteiger partial charge on any atom is 0.323 e. The molecule has 2 aromatic carbocycles. The molecule has 36 heavy (non-hydrogen) atoms. The van der Waals surface area contributed by atoms with Gasteiger partial charge >= 0.3 is 11.9 Å². The summed E-state index contributed by atoms with van der Waals surface area (Å²) in [4.78, 5) is 28.0. The minimum absolute atomic E-state index is 0.170. The van der Waals surface area contributed by atoms with Crippen LogP contribution in [0.3, 0.4) is 0 Å². The van der Waals surface area contributed by atoms with Gasteiger partial charge in [-0.3, -0.25) is 9.59 Å². The Morgan fingerprint density at radius 1 is 0.944 bits per heavy atom. The molecule has 0 radical (unpaired) electrons. The SMILES string of the molecule is COc1ccc2c(c1)c(-c1csc(-c3cn(CC(=O)O)c4cc(OC)ccc34)n1)c(C)n2CC(=O)O. The number of aliphatic carboxylic acids is 2. The number of rotatable bonds is 8. The van der Waals surface area contributed by atoms with Crippen LogP contribution in [-0.2, 0) is 22.7 Å². The fourth-order valence-corrected chi connectivity index (χ4v) is 5.44. The van der Waals surface area contributed by atoms with E-state index in [0.29, 0.717) is 17.2 Å². The zero-order chi connectivity index (χ0) is 25.6. The van der Waals surface area contributed by atoms with Gasteiger partial charge in [0.25, 0.3) is 0 Å². The van der Waals surface area contributed by atoms with Crippen molar-refractivity contribution in [2.45, 2.75) is 20.0 Å². The predicted molar refractivity (Wildman–Crippen MR) is 137 cm³/mol. The monoisotopic (exact) mass is 505 g/mol. The number of ether oxygens (including phenoxy) is 2. The largest absolute Gasteiger partial charge is 0.497 e. The zero-order valence-corrected chi connectivity index (χ0v) is 20.6. The second kappa shape index (κ2) is 9.04. The highest BCUT2D eigenvalue weighted by atomic mass is 32.1.